The Labute approximate surface area is 158 Å². The minimum absolute atomic E-state index is 0.0231. The number of carboxylic acid groups (broad SMARTS) is 4. The fraction of sp³-hybridized carbons (Fsp3) is 0.538. The van der Waals surface area contributed by atoms with Crippen molar-refractivity contribution in [2.75, 3.05) is 0 Å². The first-order valence-electron chi connectivity index (χ1n) is 7.35. The Morgan fingerprint density at radius 1 is 0.607 bits per heavy atom. The van der Waals surface area contributed by atoms with E-state index in [-0.39, 0.29) is 25.7 Å². The van der Waals surface area contributed by atoms with Gasteiger partial charge in [-0.1, -0.05) is 0 Å². The van der Waals surface area contributed by atoms with E-state index in [4.69, 9.17) is 37.6 Å². The fourth-order valence-corrected chi connectivity index (χ4v) is 1.01. The number of aliphatic carboxylic acids is 4. The molecule has 3 atom stereocenters. The number of carbonyl (C=O) groups is 6. The zero-order valence-corrected chi connectivity index (χ0v) is 14.7. The second-order valence-electron chi connectivity index (χ2n) is 5.11. The molecule has 0 heterocycles. The Bertz CT molecular complexity index is 536. The van der Waals surface area contributed by atoms with Crippen LogP contribution in [0.2, 0.25) is 0 Å². The van der Waals surface area contributed by atoms with E-state index >= 15 is 0 Å². The Hall–Kier alpha value is -3.30. The normalized spacial score (nSPS) is 12.5. The first kappa shape index (κ1) is 29.5. The minimum atomic E-state index is -1.21. The number of primary amides is 2. The van der Waals surface area contributed by atoms with Crippen molar-refractivity contribution in [1.82, 2.24) is 0 Å². The summed E-state index contributed by atoms with van der Waals surface area (Å²) in [4.78, 5) is 59.7. The maximum absolute atomic E-state index is 9.99. The largest absolute Gasteiger partial charge is 0.481 e. The van der Waals surface area contributed by atoms with Crippen molar-refractivity contribution < 1.29 is 49.2 Å². The number of carbonyl (C=O) groups excluding carboxylic acids is 2. The maximum atomic E-state index is 9.99. The lowest BCUT2D eigenvalue weighted by Crippen LogP contribution is -2.34. The predicted octanol–water partition coefficient (Wildman–Crippen LogP) is -4.19. The lowest BCUT2D eigenvalue weighted by atomic mass is 10.2. The molecule has 0 radical (unpaired) electrons. The van der Waals surface area contributed by atoms with Gasteiger partial charge in [-0.25, -0.2) is 0 Å². The van der Waals surface area contributed by atoms with Crippen molar-refractivity contribution in [3.63, 3.8) is 0 Å². The van der Waals surface area contributed by atoms with Crippen LogP contribution in [0.4, 0.5) is 0 Å². The smallest absolute Gasteiger partial charge is 0.321 e. The van der Waals surface area contributed by atoms with Crippen LogP contribution < -0.4 is 28.7 Å². The Morgan fingerprint density at radius 2 is 0.893 bits per heavy atom. The number of carboxylic acids is 4. The van der Waals surface area contributed by atoms with Crippen molar-refractivity contribution in [3.05, 3.63) is 0 Å². The highest BCUT2D eigenvalue weighted by Gasteiger charge is 2.14. The molecule has 0 saturated carbocycles. The van der Waals surface area contributed by atoms with Crippen molar-refractivity contribution in [2.24, 2.45) is 28.7 Å². The third-order valence-corrected chi connectivity index (χ3v) is 2.46. The Morgan fingerprint density at radius 3 is 1.04 bits per heavy atom. The molecule has 0 aromatic heterocycles. The third-order valence-electron chi connectivity index (χ3n) is 2.46. The van der Waals surface area contributed by atoms with E-state index in [9.17, 15) is 28.8 Å². The average Bonchev–Trinajstić information content (AvgIpc) is 2.52. The van der Waals surface area contributed by atoms with Crippen molar-refractivity contribution >= 4 is 35.7 Å². The van der Waals surface area contributed by atoms with Crippen LogP contribution in [0.1, 0.15) is 25.7 Å². The summed E-state index contributed by atoms with van der Waals surface area (Å²) in [6.45, 7) is 0. The van der Waals surface area contributed by atoms with Crippen LogP contribution in [0.15, 0.2) is 0 Å². The number of amides is 2. The standard InChI is InChI=1S/C5H9NO4.2C4H8N2O3/c6-3(5(9)10)1-2-4(7)8;2*5-2(4(8)9)1-3(6)7/h3H,1-2,6H2,(H,7,8)(H,9,10);2*2H,1,5H2,(H2,6,7)(H,8,9)/t3-;2*2-/m000/s1. The second kappa shape index (κ2) is 15.9. The molecule has 0 fully saturated rings. The maximum Gasteiger partial charge on any atom is 0.321 e. The van der Waals surface area contributed by atoms with E-state index in [1.54, 1.807) is 0 Å². The summed E-state index contributed by atoms with van der Waals surface area (Å²) >= 11 is 0. The summed E-state index contributed by atoms with van der Waals surface area (Å²) in [5.41, 5.74) is 24.1. The van der Waals surface area contributed by atoms with Gasteiger partial charge in [-0.15, -0.1) is 0 Å². The van der Waals surface area contributed by atoms with Crippen LogP contribution in [0.25, 0.3) is 0 Å². The first-order chi connectivity index (χ1) is 12.6. The van der Waals surface area contributed by atoms with Gasteiger partial charge in [-0.3, -0.25) is 28.8 Å². The molecule has 0 aliphatic rings. The van der Waals surface area contributed by atoms with Gasteiger partial charge in [0.2, 0.25) is 11.8 Å². The highest BCUT2D eigenvalue weighted by atomic mass is 16.4. The molecule has 0 rings (SSSR count). The van der Waals surface area contributed by atoms with Crippen LogP contribution in [0.3, 0.4) is 0 Å². The van der Waals surface area contributed by atoms with Gasteiger partial charge in [-0.2, -0.15) is 0 Å². The highest BCUT2D eigenvalue weighted by molar-refractivity contribution is 5.83. The molecule has 0 saturated heterocycles. The molecule has 0 bridgehead atoms. The van der Waals surface area contributed by atoms with Crippen LogP contribution in [0.5, 0.6) is 0 Å². The van der Waals surface area contributed by atoms with Gasteiger partial charge in [-0.05, 0) is 6.42 Å². The molecule has 0 aromatic carbocycles. The molecule has 0 aliphatic carbocycles. The van der Waals surface area contributed by atoms with Gasteiger partial charge < -0.3 is 49.1 Å². The minimum Gasteiger partial charge on any atom is -0.481 e. The van der Waals surface area contributed by atoms with Crippen LogP contribution >= 0.6 is 0 Å². The summed E-state index contributed by atoms with van der Waals surface area (Å²) in [7, 11) is 0. The molecule has 162 valence electrons. The van der Waals surface area contributed by atoms with Gasteiger partial charge in [0.25, 0.3) is 0 Å². The van der Waals surface area contributed by atoms with E-state index in [2.05, 4.69) is 11.5 Å². The molecule has 0 aromatic rings. The van der Waals surface area contributed by atoms with E-state index in [1.165, 1.54) is 0 Å². The molecule has 15 nitrogen and oxygen atoms in total. The molecule has 0 unspecified atom stereocenters. The SMILES string of the molecule is NC(=O)C[C@H](N)C(=O)O.NC(=O)C[C@H](N)C(=O)O.N[C@@H](CCC(=O)O)C(=O)O. The zero-order chi connectivity index (χ0) is 23.0. The van der Waals surface area contributed by atoms with Crippen molar-refractivity contribution in [2.45, 2.75) is 43.8 Å². The van der Waals surface area contributed by atoms with Gasteiger partial charge in [0.1, 0.15) is 18.1 Å². The molecule has 15 heteroatoms. The summed E-state index contributed by atoms with van der Waals surface area (Å²) in [5, 5.41) is 32.5. The van der Waals surface area contributed by atoms with Crippen molar-refractivity contribution in [3.8, 4) is 0 Å². The molecule has 28 heavy (non-hydrogen) atoms. The lowest BCUT2D eigenvalue weighted by molar-refractivity contribution is -0.141. The summed E-state index contributed by atoms with van der Waals surface area (Å²) in [6, 6.07) is -3.39. The fourth-order valence-electron chi connectivity index (χ4n) is 1.01. The molecular weight excluding hydrogens is 386 g/mol. The Balaban J connectivity index is -0.000000336. The van der Waals surface area contributed by atoms with Crippen LogP contribution in [-0.2, 0) is 28.8 Å². The van der Waals surface area contributed by atoms with Crippen LogP contribution in [-0.4, -0.2) is 74.2 Å². The van der Waals surface area contributed by atoms with E-state index in [1.807, 2.05) is 0 Å². The summed E-state index contributed by atoms with van der Waals surface area (Å²) < 4.78 is 0. The summed E-state index contributed by atoms with van der Waals surface area (Å²) in [6.07, 6.45) is -0.844. The molecule has 0 spiro atoms. The van der Waals surface area contributed by atoms with Crippen LogP contribution in [0, 0.1) is 0 Å². The zero-order valence-electron chi connectivity index (χ0n) is 14.7. The third kappa shape index (κ3) is 22.7. The average molecular weight is 411 g/mol. The van der Waals surface area contributed by atoms with Gasteiger partial charge in [0.05, 0.1) is 12.8 Å². The first-order valence-corrected chi connectivity index (χ1v) is 7.35. The van der Waals surface area contributed by atoms with Crippen molar-refractivity contribution in [1.29, 1.82) is 0 Å². The second-order valence-corrected chi connectivity index (χ2v) is 5.11. The number of hydrogen-bond acceptors (Lipinski definition) is 9. The Kier molecular flexibility index (Phi) is 16.7. The topological polar surface area (TPSA) is 313 Å². The van der Waals surface area contributed by atoms with Gasteiger partial charge in [0.15, 0.2) is 0 Å². The highest BCUT2D eigenvalue weighted by Crippen LogP contribution is 1.93. The van der Waals surface area contributed by atoms with E-state index in [0.717, 1.165) is 0 Å². The monoisotopic (exact) mass is 411 g/mol. The molecule has 2 amide bonds. The number of rotatable bonds is 10. The molecule has 14 N–H and O–H groups in total. The quantitative estimate of drug-likeness (QED) is 0.165. The number of nitrogens with two attached hydrogens (primary N) is 5. The summed E-state index contributed by atoms with van der Waals surface area (Å²) in [5.74, 6) is -6.03. The molecular formula is C13H25N5O10. The number of hydrogen-bond donors (Lipinski definition) is 9. The predicted molar refractivity (Wildman–Crippen MR) is 91.3 cm³/mol. The van der Waals surface area contributed by atoms with Gasteiger partial charge >= 0.3 is 23.9 Å². The van der Waals surface area contributed by atoms with E-state index in [0.29, 0.717) is 0 Å². The molecule has 0 aliphatic heterocycles. The van der Waals surface area contributed by atoms with E-state index < -0.39 is 53.8 Å². The van der Waals surface area contributed by atoms with Gasteiger partial charge in [0, 0.05) is 6.42 Å². The lowest BCUT2D eigenvalue weighted by Gasteiger charge is -2.01.